The molecule has 8 heteroatoms. The molecule has 1 aromatic heterocycles. The largest absolute Gasteiger partial charge is 0.481 e. The molecule has 6 nitrogen and oxygen atoms in total. The third-order valence-corrected chi connectivity index (χ3v) is 4.34. The van der Waals surface area contributed by atoms with E-state index in [4.69, 9.17) is 5.11 Å². The molecule has 112 valence electrons. The Labute approximate surface area is 135 Å². The van der Waals surface area contributed by atoms with E-state index < -0.39 is 5.97 Å². The Hall–Kier alpha value is -1.54. The average Bonchev–Trinajstić information content (AvgIpc) is 2.80. The minimum Gasteiger partial charge on any atom is -0.481 e. The predicted octanol–water partition coefficient (Wildman–Crippen LogP) is 2.39. The number of thioether (sulfide) groups is 1. The van der Waals surface area contributed by atoms with Gasteiger partial charge in [-0.2, -0.15) is 0 Å². The van der Waals surface area contributed by atoms with Gasteiger partial charge < -0.3 is 10.0 Å². The van der Waals surface area contributed by atoms with Gasteiger partial charge in [0, 0.05) is 25.1 Å². The third-order valence-electron chi connectivity index (χ3n) is 2.81. The Kier molecular flexibility index (Phi) is 5.24. The SMILES string of the molecule is CN(Cc1ccc(Br)cc1)c1nnc(SCC(=O)O)n1C. The third kappa shape index (κ3) is 4.21. The summed E-state index contributed by atoms with van der Waals surface area (Å²) >= 11 is 4.57. The van der Waals surface area contributed by atoms with Crippen LogP contribution in [0.15, 0.2) is 33.9 Å². The summed E-state index contributed by atoms with van der Waals surface area (Å²) in [6.45, 7) is 0.697. The molecule has 0 aliphatic rings. The van der Waals surface area contributed by atoms with Crippen molar-refractivity contribution in [3.05, 3.63) is 34.3 Å². The molecule has 0 atom stereocenters. The highest BCUT2D eigenvalue weighted by atomic mass is 79.9. The number of aromatic nitrogens is 3. The van der Waals surface area contributed by atoms with Crippen molar-refractivity contribution in [2.75, 3.05) is 17.7 Å². The lowest BCUT2D eigenvalue weighted by molar-refractivity contribution is -0.133. The van der Waals surface area contributed by atoms with Gasteiger partial charge in [0.1, 0.15) is 0 Å². The molecule has 1 aromatic carbocycles. The van der Waals surface area contributed by atoms with Gasteiger partial charge in [-0.15, -0.1) is 10.2 Å². The van der Waals surface area contributed by atoms with Crippen molar-refractivity contribution < 1.29 is 9.90 Å². The molecule has 0 saturated carbocycles. The standard InChI is InChI=1S/C13H15BrN4O2S/c1-17(7-9-3-5-10(14)6-4-9)12-15-16-13(18(12)2)21-8-11(19)20/h3-6H,7-8H2,1-2H3,(H,19,20). The molecule has 2 rings (SSSR count). The second-order valence-corrected chi connectivity index (χ2v) is 6.36. The number of carboxylic acids is 1. The van der Waals surface area contributed by atoms with Gasteiger partial charge in [0.15, 0.2) is 5.16 Å². The number of carboxylic acid groups (broad SMARTS) is 1. The van der Waals surface area contributed by atoms with Crippen LogP contribution in [0.2, 0.25) is 0 Å². The summed E-state index contributed by atoms with van der Waals surface area (Å²) in [5.41, 5.74) is 1.16. The monoisotopic (exact) mass is 370 g/mol. The molecule has 1 heterocycles. The van der Waals surface area contributed by atoms with Crippen LogP contribution < -0.4 is 4.90 Å². The number of hydrogen-bond acceptors (Lipinski definition) is 5. The van der Waals surface area contributed by atoms with E-state index in [1.165, 1.54) is 0 Å². The maximum Gasteiger partial charge on any atom is 0.313 e. The Morgan fingerprint density at radius 3 is 2.67 bits per heavy atom. The van der Waals surface area contributed by atoms with Crippen molar-refractivity contribution in [3.63, 3.8) is 0 Å². The van der Waals surface area contributed by atoms with E-state index in [1.54, 1.807) is 4.57 Å². The van der Waals surface area contributed by atoms with Gasteiger partial charge in [-0.1, -0.05) is 39.8 Å². The smallest absolute Gasteiger partial charge is 0.313 e. The number of benzene rings is 1. The van der Waals surface area contributed by atoms with E-state index in [0.717, 1.165) is 21.8 Å². The van der Waals surface area contributed by atoms with E-state index in [0.29, 0.717) is 17.6 Å². The fraction of sp³-hybridized carbons (Fsp3) is 0.308. The molecule has 1 N–H and O–H groups in total. The molecular formula is C13H15BrN4O2S. The molecule has 0 spiro atoms. The van der Waals surface area contributed by atoms with Gasteiger partial charge in [-0.25, -0.2) is 0 Å². The molecule has 21 heavy (non-hydrogen) atoms. The van der Waals surface area contributed by atoms with Crippen molar-refractivity contribution in [3.8, 4) is 0 Å². The van der Waals surface area contributed by atoms with Crippen LogP contribution in [0.5, 0.6) is 0 Å². The first-order valence-corrected chi connectivity index (χ1v) is 7.95. The van der Waals surface area contributed by atoms with Crippen molar-refractivity contribution >= 4 is 39.6 Å². The van der Waals surface area contributed by atoms with Crippen LogP contribution in [0, 0.1) is 0 Å². The summed E-state index contributed by atoms with van der Waals surface area (Å²) in [4.78, 5) is 12.6. The molecule has 0 amide bonds. The van der Waals surface area contributed by atoms with Crippen LogP contribution in [0.1, 0.15) is 5.56 Å². The first kappa shape index (κ1) is 15.8. The zero-order valence-electron chi connectivity index (χ0n) is 11.7. The maximum absolute atomic E-state index is 10.6. The van der Waals surface area contributed by atoms with E-state index in [2.05, 4.69) is 26.1 Å². The highest BCUT2D eigenvalue weighted by Gasteiger charge is 2.14. The molecule has 0 fully saturated rings. The minimum atomic E-state index is -0.868. The molecule has 0 saturated heterocycles. The van der Waals surface area contributed by atoms with Crippen molar-refractivity contribution in [2.45, 2.75) is 11.7 Å². The van der Waals surface area contributed by atoms with Crippen molar-refractivity contribution in [1.82, 2.24) is 14.8 Å². The summed E-state index contributed by atoms with van der Waals surface area (Å²) < 4.78 is 2.84. The number of carbonyl (C=O) groups is 1. The van der Waals surface area contributed by atoms with Crippen LogP contribution in [0.4, 0.5) is 5.95 Å². The molecular weight excluding hydrogens is 356 g/mol. The van der Waals surface area contributed by atoms with Gasteiger partial charge in [0.05, 0.1) is 5.75 Å². The fourth-order valence-electron chi connectivity index (χ4n) is 1.83. The molecule has 0 aliphatic carbocycles. The zero-order chi connectivity index (χ0) is 15.4. The van der Waals surface area contributed by atoms with Crippen LogP contribution in [0.25, 0.3) is 0 Å². The lowest BCUT2D eigenvalue weighted by atomic mass is 10.2. The van der Waals surface area contributed by atoms with Gasteiger partial charge in [0.25, 0.3) is 0 Å². The quantitative estimate of drug-likeness (QED) is 0.787. The van der Waals surface area contributed by atoms with Crippen molar-refractivity contribution in [1.29, 1.82) is 0 Å². The average molecular weight is 371 g/mol. The minimum absolute atomic E-state index is 0.0254. The molecule has 0 unspecified atom stereocenters. The van der Waals surface area contributed by atoms with E-state index >= 15 is 0 Å². The number of halogens is 1. The van der Waals surface area contributed by atoms with Crippen LogP contribution in [0.3, 0.4) is 0 Å². The highest BCUT2D eigenvalue weighted by molar-refractivity contribution is 9.10. The summed E-state index contributed by atoms with van der Waals surface area (Å²) in [5.74, 6) is -0.193. The summed E-state index contributed by atoms with van der Waals surface area (Å²) in [6, 6.07) is 8.07. The second-order valence-electron chi connectivity index (χ2n) is 4.51. The Balaban J connectivity index is 2.07. The van der Waals surface area contributed by atoms with E-state index in [-0.39, 0.29) is 5.75 Å². The molecule has 0 radical (unpaired) electrons. The fourth-order valence-corrected chi connectivity index (χ4v) is 2.72. The first-order chi connectivity index (χ1) is 9.97. The number of nitrogens with zero attached hydrogens (tertiary/aromatic N) is 4. The maximum atomic E-state index is 10.6. The Morgan fingerprint density at radius 1 is 1.38 bits per heavy atom. The number of aliphatic carboxylic acids is 1. The number of anilines is 1. The predicted molar refractivity (Wildman–Crippen MR) is 85.6 cm³/mol. The Morgan fingerprint density at radius 2 is 2.05 bits per heavy atom. The topological polar surface area (TPSA) is 71.2 Å². The lowest BCUT2D eigenvalue weighted by Crippen LogP contribution is -2.20. The normalized spacial score (nSPS) is 10.6. The van der Waals surface area contributed by atoms with Crippen LogP contribution in [-0.2, 0) is 18.4 Å². The van der Waals surface area contributed by atoms with E-state index in [1.807, 2.05) is 43.3 Å². The van der Waals surface area contributed by atoms with Gasteiger partial charge in [-0.05, 0) is 17.7 Å². The molecule has 0 aliphatic heterocycles. The second kappa shape index (κ2) is 6.95. The summed E-state index contributed by atoms with van der Waals surface area (Å²) in [6.07, 6.45) is 0. The summed E-state index contributed by atoms with van der Waals surface area (Å²) in [7, 11) is 3.76. The van der Waals surface area contributed by atoms with Gasteiger partial charge >= 0.3 is 5.97 Å². The van der Waals surface area contributed by atoms with Gasteiger partial charge in [0.2, 0.25) is 5.95 Å². The lowest BCUT2D eigenvalue weighted by Gasteiger charge is -2.17. The molecule has 2 aromatic rings. The van der Waals surface area contributed by atoms with Crippen LogP contribution >= 0.6 is 27.7 Å². The van der Waals surface area contributed by atoms with Crippen LogP contribution in [-0.4, -0.2) is 38.6 Å². The number of rotatable bonds is 6. The first-order valence-electron chi connectivity index (χ1n) is 6.17. The highest BCUT2D eigenvalue weighted by Crippen LogP contribution is 2.21. The zero-order valence-corrected chi connectivity index (χ0v) is 14.1. The number of hydrogen-bond donors (Lipinski definition) is 1. The van der Waals surface area contributed by atoms with E-state index in [9.17, 15) is 4.79 Å². The van der Waals surface area contributed by atoms with Gasteiger partial charge in [-0.3, -0.25) is 9.36 Å². The Bertz CT molecular complexity index is 630. The molecule has 0 bridgehead atoms. The summed E-state index contributed by atoms with van der Waals surface area (Å²) in [5, 5.41) is 17.5. The van der Waals surface area contributed by atoms with Crippen molar-refractivity contribution in [2.24, 2.45) is 7.05 Å².